The van der Waals surface area contributed by atoms with Gasteiger partial charge in [0.25, 0.3) is 0 Å². The molecule has 78 valence electrons. The van der Waals surface area contributed by atoms with E-state index in [1.54, 1.807) is 0 Å². The summed E-state index contributed by atoms with van der Waals surface area (Å²) in [5.41, 5.74) is 4.46. The molecule has 4 fully saturated rings. The van der Waals surface area contributed by atoms with Crippen LogP contribution in [0.3, 0.4) is 0 Å². The first-order chi connectivity index (χ1) is 6.57. The van der Waals surface area contributed by atoms with Gasteiger partial charge in [-0.25, -0.2) is 4.39 Å². The number of hydrogen-bond acceptors (Lipinski definition) is 1. The summed E-state index contributed by atoms with van der Waals surface area (Å²) in [6.45, 7) is 0. The van der Waals surface area contributed by atoms with Gasteiger partial charge in [-0.05, 0) is 49.9 Å². The molecule has 0 radical (unpaired) electrons. The van der Waals surface area contributed by atoms with Gasteiger partial charge >= 0.3 is 0 Å². The number of primary amides is 1. The monoisotopic (exact) mass is 197 g/mol. The summed E-state index contributed by atoms with van der Waals surface area (Å²) in [4.78, 5) is 11.3. The molecular formula is C11H16FNO. The smallest absolute Gasteiger partial charge is 0.221 e. The van der Waals surface area contributed by atoms with E-state index in [0.29, 0.717) is 18.8 Å². The van der Waals surface area contributed by atoms with Gasteiger partial charge in [0.2, 0.25) is 5.91 Å². The number of carbonyl (C=O) groups is 1. The van der Waals surface area contributed by atoms with Crippen LogP contribution in [0.25, 0.3) is 0 Å². The van der Waals surface area contributed by atoms with Crippen molar-refractivity contribution in [2.45, 2.75) is 37.8 Å². The van der Waals surface area contributed by atoms with E-state index in [1.165, 1.54) is 0 Å². The highest BCUT2D eigenvalue weighted by molar-refractivity contribution is 5.77. The van der Waals surface area contributed by atoms with Crippen LogP contribution >= 0.6 is 0 Å². The van der Waals surface area contributed by atoms with E-state index in [4.69, 9.17) is 5.73 Å². The number of halogens is 1. The van der Waals surface area contributed by atoms with E-state index < -0.39 is 5.67 Å². The maximum atomic E-state index is 14.2. The number of amides is 1. The van der Waals surface area contributed by atoms with Crippen molar-refractivity contribution < 1.29 is 9.18 Å². The predicted molar refractivity (Wildman–Crippen MR) is 50.1 cm³/mol. The van der Waals surface area contributed by atoms with Crippen LogP contribution in [0.4, 0.5) is 4.39 Å². The Morgan fingerprint density at radius 1 is 1.21 bits per heavy atom. The van der Waals surface area contributed by atoms with E-state index in [9.17, 15) is 9.18 Å². The van der Waals surface area contributed by atoms with Crippen molar-refractivity contribution in [1.29, 1.82) is 0 Å². The minimum Gasteiger partial charge on any atom is -0.369 e. The standard InChI is InChI=1S/C11H16FNO/c12-11-3-6-1-7(4-11)9(10(13)14)8(2-6)5-11/h6-9H,1-5H2,(H2,13,14). The molecule has 0 aromatic rings. The van der Waals surface area contributed by atoms with Gasteiger partial charge in [-0.15, -0.1) is 0 Å². The SMILES string of the molecule is NC(=O)C1C2CC3CC1CC(F)(C3)C2. The highest BCUT2D eigenvalue weighted by Crippen LogP contribution is 2.59. The maximum absolute atomic E-state index is 14.2. The van der Waals surface area contributed by atoms with Crippen molar-refractivity contribution in [3.05, 3.63) is 0 Å². The minimum atomic E-state index is -0.942. The third kappa shape index (κ3) is 1.04. The first-order valence-corrected chi connectivity index (χ1v) is 5.56. The van der Waals surface area contributed by atoms with E-state index >= 15 is 0 Å². The Balaban J connectivity index is 1.93. The van der Waals surface area contributed by atoms with E-state index in [0.717, 1.165) is 19.3 Å². The van der Waals surface area contributed by atoms with E-state index in [-0.39, 0.29) is 23.7 Å². The van der Waals surface area contributed by atoms with Crippen LogP contribution in [-0.2, 0) is 4.79 Å². The Morgan fingerprint density at radius 3 is 2.21 bits per heavy atom. The lowest BCUT2D eigenvalue weighted by Crippen LogP contribution is -2.55. The molecule has 2 nitrogen and oxygen atoms in total. The molecule has 0 saturated heterocycles. The van der Waals surface area contributed by atoms with Gasteiger partial charge in [-0.3, -0.25) is 4.79 Å². The quantitative estimate of drug-likeness (QED) is 0.682. The van der Waals surface area contributed by atoms with E-state index in [2.05, 4.69) is 0 Å². The molecule has 4 aliphatic carbocycles. The lowest BCUT2D eigenvalue weighted by atomic mass is 9.50. The average molecular weight is 197 g/mol. The third-order valence-electron chi connectivity index (χ3n) is 4.53. The van der Waals surface area contributed by atoms with E-state index in [1.807, 2.05) is 0 Å². The van der Waals surface area contributed by atoms with Crippen LogP contribution in [0.5, 0.6) is 0 Å². The Kier molecular flexibility index (Phi) is 1.55. The molecule has 4 aliphatic rings. The number of alkyl halides is 1. The summed E-state index contributed by atoms with van der Waals surface area (Å²) in [6.07, 6.45) is 4.00. The van der Waals surface area contributed by atoms with Gasteiger partial charge in [0.1, 0.15) is 5.67 Å². The average Bonchev–Trinajstić information content (AvgIpc) is 1.97. The fraction of sp³-hybridized carbons (Fsp3) is 0.909. The summed E-state index contributed by atoms with van der Waals surface area (Å²) in [6, 6.07) is 0. The fourth-order valence-corrected chi connectivity index (χ4v) is 4.39. The molecule has 14 heavy (non-hydrogen) atoms. The molecule has 2 unspecified atom stereocenters. The topological polar surface area (TPSA) is 43.1 Å². The zero-order valence-electron chi connectivity index (χ0n) is 8.21. The largest absolute Gasteiger partial charge is 0.369 e. The molecule has 0 heterocycles. The summed E-state index contributed by atoms with van der Waals surface area (Å²) < 4.78 is 14.2. The Bertz CT molecular complexity index is 275. The van der Waals surface area contributed by atoms with Crippen LogP contribution in [0.15, 0.2) is 0 Å². The van der Waals surface area contributed by atoms with Crippen molar-refractivity contribution in [2.24, 2.45) is 29.4 Å². The van der Waals surface area contributed by atoms with Gasteiger partial charge in [-0.1, -0.05) is 0 Å². The number of carbonyl (C=O) groups excluding carboxylic acids is 1. The van der Waals surface area contributed by atoms with Gasteiger partial charge in [-0.2, -0.15) is 0 Å². The van der Waals surface area contributed by atoms with Crippen LogP contribution in [0, 0.1) is 23.7 Å². The molecular weight excluding hydrogens is 181 g/mol. The second-order valence-electron chi connectivity index (χ2n) is 5.55. The molecule has 4 saturated carbocycles. The Hall–Kier alpha value is -0.600. The van der Waals surface area contributed by atoms with Gasteiger partial charge in [0.15, 0.2) is 0 Å². The molecule has 4 bridgehead atoms. The van der Waals surface area contributed by atoms with Gasteiger partial charge in [0.05, 0.1) is 0 Å². The molecule has 2 N–H and O–H groups in total. The first-order valence-electron chi connectivity index (χ1n) is 5.56. The highest BCUT2D eigenvalue weighted by Gasteiger charge is 2.57. The fourth-order valence-electron chi connectivity index (χ4n) is 4.39. The number of nitrogens with two attached hydrogens (primary N) is 1. The lowest BCUT2D eigenvalue weighted by Gasteiger charge is -2.55. The minimum absolute atomic E-state index is 0.0181. The Morgan fingerprint density at radius 2 is 1.79 bits per heavy atom. The molecule has 0 aromatic carbocycles. The highest BCUT2D eigenvalue weighted by atomic mass is 19.1. The van der Waals surface area contributed by atoms with Crippen LogP contribution in [-0.4, -0.2) is 11.6 Å². The van der Waals surface area contributed by atoms with Gasteiger partial charge < -0.3 is 5.73 Å². The molecule has 3 heteroatoms. The van der Waals surface area contributed by atoms with Crippen molar-refractivity contribution >= 4 is 5.91 Å². The number of hydrogen-bond donors (Lipinski definition) is 1. The molecule has 0 aliphatic heterocycles. The number of rotatable bonds is 1. The van der Waals surface area contributed by atoms with Crippen LogP contribution < -0.4 is 5.73 Å². The van der Waals surface area contributed by atoms with Gasteiger partial charge in [0, 0.05) is 5.92 Å². The molecule has 1 amide bonds. The summed E-state index contributed by atoms with van der Waals surface area (Å²) >= 11 is 0. The van der Waals surface area contributed by atoms with Crippen molar-refractivity contribution in [3.63, 3.8) is 0 Å². The van der Waals surface area contributed by atoms with Crippen molar-refractivity contribution in [3.8, 4) is 0 Å². The predicted octanol–water partition coefficient (Wildman–Crippen LogP) is 1.64. The zero-order valence-corrected chi connectivity index (χ0v) is 8.21. The second-order valence-corrected chi connectivity index (χ2v) is 5.55. The molecule has 2 atom stereocenters. The molecule has 4 rings (SSSR count). The summed E-state index contributed by atoms with van der Waals surface area (Å²) in [7, 11) is 0. The second kappa shape index (κ2) is 2.50. The Labute approximate surface area is 83.0 Å². The van der Waals surface area contributed by atoms with Crippen LogP contribution in [0.2, 0.25) is 0 Å². The summed E-state index contributed by atoms with van der Waals surface area (Å²) in [5.74, 6) is 0.832. The molecule has 0 aromatic heterocycles. The third-order valence-corrected chi connectivity index (χ3v) is 4.53. The lowest BCUT2D eigenvalue weighted by molar-refractivity contribution is -0.145. The van der Waals surface area contributed by atoms with Crippen molar-refractivity contribution in [2.75, 3.05) is 0 Å². The normalized spacial score (nSPS) is 54.9. The van der Waals surface area contributed by atoms with Crippen molar-refractivity contribution in [1.82, 2.24) is 0 Å². The maximum Gasteiger partial charge on any atom is 0.221 e. The van der Waals surface area contributed by atoms with Crippen LogP contribution in [0.1, 0.15) is 32.1 Å². The first kappa shape index (κ1) is 8.69. The molecule has 0 spiro atoms. The zero-order chi connectivity index (χ0) is 9.92. The summed E-state index contributed by atoms with van der Waals surface area (Å²) in [5, 5.41) is 0.